The molecule has 2 aromatic rings. The number of halogens is 1. The van der Waals surface area contributed by atoms with Gasteiger partial charge in [-0.3, -0.25) is 0 Å². The second kappa shape index (κ2) is 5.31. The molecule has 0 amide bonds. The standard InChI is InChI=1S/C11H10INO3/c1-14-7-15-11-6-10(13-16-11)8-2-4-9(12)5-3-8/h2-6H,7H2,1H3. The zero-order valence-electron chi connectivity index (χ0n) is 8.64. The minimum Gasteiger partial charge on any atom is -0.437 e. The van der Waals surface area contributed by atoms with Crippen molar-refractivity contribution >= 4 is 22.6 Å². The van der Waals surface area contributed by atoms with E-state index in [1.165, 1.54) is 3.57 Å². The summed E-state index contributed by atoms with van der Waals surface area (Å²) in [6.07, 6.45) is 0. The smallest absolute Gasteiger partial charge is 0.313 e. The largest absolute Gasteiger partial charge is 0.437 e. The van der Waals surface area contributed by atoms with Crippen LogP contribution in [-0.4, -0.2) is 19.1 Å². The molecule has 0 bridgehead atoms. The Morgan fingerprint density at radius 3 is 2.75 bits per heavy atom. The van der Waals surface area contributed by atoms with Crippen LogP contribution in [0.3, 0.4) is 0 Å². The summed E-state index contributed by atoms with van der Waals surface area (Å²) in [6, 6.07) is 9.74. The summed E-state index contributed by atoms with van der Waals surface area (Å²) in [7, 11) is 1.55. The monoisotopic (exact) mass is 331 g/mol. The molecule has 0 aliphatic rings. The summed E-state index contributed by atoms with van der Waals surface area (Å²) < 4.78 is 16.1. The number of hydrogen-bond donors (Lipinski definition) is 0. The molecule has 84 valence electrons. The highest BCUT2D eigenvalue weighted by atomic mass is 127. The summed E-state index contributed by atoms with van der Waals surface area (Å²) in [5, 5.41) is 3.91. The lowest BCUT2D eigenvalue weighted by Crippen LogP contribution is -1.97. The van der Waals surface area contributed by atoms with Crippen LogP contribution in [-0.2, 0) is 4.74 Å². The molecule has 0 aliphatic carbocycles. The molecule has 0 saturated carbocycles. The Bertz CT molecular complexity index is 453. The van der Waals surface area contributed by atoms with Crippen molar-refractivity contribution in [3.05, 3.63) is 33.9 Å². The zero-order chi connectivity index (χ0) is 11.4. The zero-order valence-corrected chi connectivity index (χ0v) is 10.8. The summed E-state index contributed by atoms with van der Waals surface area (Å²) >= 11 is 2.25. The van der Waals surface area contributed by atoms with Gasteiger partial charge in [0.25, 0.3) is 0 Å². The van der Waals surface area contributed by atoms with Crippen molar-refractivity contribution in [3.63, 3.8) is 0 Å². The molecular formula is C11H10INO3. The first-order chi connectivity index (χ1) is 7.79. The summed E-state index contributed by atoms with van der Waals surface area (Å²) in [6.45, 7) is 0.154. The van der Waals surface area contributed by atoms with Crippen LogP contribution in [0, 0.1) is 3.57 Å². The van der Waals surface area contributed by atoms with Gasteiger partial charge in [-0.1, -0.05) is 17.3 Å². The summed E-state index contributed by atoms with van der Waals surface area (Å²) in [5.41, 5.74) is 1.75. The van der Waals surface area contributed by atoms with Gasteiger partial charge in [0.05, 0.1) is 6.07 Å². The topological polar surface area (TPSA) is 44.5 Å². The fourth-order valence-corrected chi connectivity index (χ4v) is 1.56. The first-order valence-corrected chi connectivity index (χ1v) is 5.72. The molecule has 0 fully saturated rings. The number of benzene rings is 1. The number of ether oxygens (including phenoxy) is 2. The van der Waals surface area contributed by atoms with E-state index in [0.29, 0.717) is 5.95 Å². The van der Waals surface area contributed by atoms with Gasteiger partial charge >= 0.3 is 5.95 Å². The molecule has 4 nitrogen and oxygen atoms in total. The van der Waals surface area contributed by atoms with Crippen molar-refractivity contribution in [2.24, 2.45) is 0 Å². The fraction of sp³-hybridized carbons (Fsp3) is 0.182. The van der Waals surface area contributed by atoms with Crippen LogP contribution < -0.4 is 4.74 Å². The van der Waals surface area contributed by atoms with Crippen LogP contribution >= 0.6 is 22.6 Å². The molecule has 0 radical (unpaired) electrons. The lowest BCUT2D eigenvalue weighted by Gasteiger charge is -1.96. The molecule has 0 N–H and O–H groups in total. The first kappa shape index (κ1) is 11.4. The molecule has 1 aromatic heterocycles. The van der Waals surface area contributed by atoms with Gasteiger partial charge in [0.15, 0.2) is 6.79 Å². The van der Waals surface area contributed by atoms with Gasteiger partial charge in [-0.25, -0.2) is 0 Å². The predicted octanol–water partition coefficient (Wildman–Crippen LogP) is 2.93. The quantitative estimate of drug-likeness (QED) is 0.638. The Morgan fingerprint density at radius 1 is 1.31 bits per heavy atom. The van der Waals surface area contributed by atoms with Crippen molar-refractivity contribution in [1.82, 2.24) is 5.16 Å². The van der Waals surface area contributed by atoms with Gasteiger partial charge in [-0.15, -0.1) is 0 Å². The number of aromatic nitrogens is 1. The van der Waals surface area contributed by atoms with Crippen molar-refractivity contribution < 1.29 is 14.0 Å². The van der Waals surface area contributed by atoms with Crippen molar-refractivity contribution in [2.45, 2.75) is 0 Å². The highest BCUT2D eigenvalue weighted by molar-refractivity contribution is 14.1. The maximum atomic E-state index is 5.13. The van der Waals surface area contributed by atoms with Crippen LogP contribution in [0.4, 0.5) is 0 Å². The Kier molecular flexibility index (Phi) is 3.79. The van der Waals surface area contributed by atoms with E-state index in [4.69, 9.17) is 14.0 Å². The van der Waals surface area contributed by atoms with E-state index in [1.807, 2.05) is 24.3 Å². The molecule has 0 saturated heterocycles. The molecule has 16 heavy (non-hydrogen) atoms. The maximum absolute atomic E-state index is 5.13. The van der Waals surface area contributed by atoms with E-state index in [-0.39, 0.29) is 6.79 Å². The Morgan fingerprint density at radius 2 is 2.06 bits per heavy atom. The van der Waals surface area contributed by atoms with Crippen molar-refractivity contribution in [3.8, 4) is 17.2 Å². The second-order valence-electron chi connectivity index (χ2n) is 3.09. The van der Waals surface area contributed by atoms with Crippen LogP contribution in [0.1, 0.15) is 0 Å². The molecule has 0 aliphatic heterocycles. The Labute approximate surface area is 107 Å². The summed E-state index contributed by atoms with van der Waals surface area (Å²) in [4.78, 5) is 0. The van der Waals surface area contributed by atoms with Crippen LogP contribution in [0.25, 0.3) is 11.3 Å². The van der Waals surface area contributed by atoms with E-state index in [9.17, 15) is 0 Å². The number of methoxy groups -OCH3 is 1. The van der Waals surface area contributed by atoms with Gasteiger partial charge in [0.2, 0.25) is 0 Å². The molecule has 5 heteroatoms. The van der Waals surface area contributed by atoms with Gasteiger partial charge in [-0.2, -0.15) is 0 Å². The second-order valence-corrected chi connectivity index (χ2v) is 4.33. The SMILES string of the molecule is COCOc1cc(-c2ccc(I)cc2)no1. The van der Waals surface area contributed by atoms with Crippen LogP contribution in [0.2, 0.25) is 0 Å². The van der Waals surface area contributed by atoms with E-state index < -0.39 is 0 Å². The van der Waals surface area contributed by atoms with E-state index >= 15 is 0 Å². The first-order valence-electron chi connectivity index (χ1n) is 4.64. The molecular weight excluding hydrogens is 321 g/mol. The number of nitrogens with zero attached hydrogens (tertiary/aromatic N) is 1. The molecule has 2 rings (SSSR count). The molecule has 0 spiro atoms. The average molecular weight is 331 g/mol. The van der Waals surface area contributed by atoms with Crippen molar-refractivity contribution in [1.29, 1.82) is 0 Å². The third-order valence-electron chi connectivity index (χ3n) is 1.95. The minimum atomic E-state index is 0.154. The van der Waals surface area contributed by atoms with E-state index in [2.05, 4.69) is 27.7 Å². The van der Waals surface area contributed by atoms with E-state index in [0.717, 1.165) is 11.3 Å². The van der Waals surface area contributed by atoms with Crippen LogP contribution in [0.15, 0.2) is 34.9 Å². The Hall–Kier alpha value is -1.08. The fourth-order valence-electron chi connectivity index (χ4n) is 1.20. The third kappa shape index (κ3) is 2.73. The predicted molar refractivity (Wildman–Crippen MR) is 67.2 cm³/mol. The van der Waals surface area contributed by atoms with Gasteiger partial charge in [0, 0.05) is 16.2 Å². The molecule has 1 heterocycles. The maximum Gasteiger partial charge on any atom is 0.313 e. The van der Waals surface area contributed by atoms with E-state index in [1.54, 1.807) is 13.2 Å². The molecule has 0 atom stereocenters. The molecule has 0 unspecified atom stereocenters. The lowest BCUT2D eigenvalue weighted by molar-refractivity contribution is 0.0297. The van der Waals surface area contributed by atoms with Crippen LogP contribution in [0.5, 0.6) is 5.95 Å². The Balaban J connectivity index is 2.15. The highest BCUT2D eigenvalue weighted by Crippen LogP contribution is 2.23. The average Bonchev–Trinajstić information content (AvgIpc) is 2.76. The minimum absolute atomic E-state index is 0.154. The lowest BCUT2D eigenvalue weighted by atomic mass is 10.2. The normalized spacial score (nSPS) is 10.4. The number of rotatable bonds is 4. The number of hydrogen-bond acceptors (Lipinski definition) is 4. The summed E-state index contributed by atoms with van der Waals surface area (Å²) in [5.74, 6) is 0.357. The highest BCUT2D eigenvalue weighted by Gasteiger charge is 2.06. The third-order valence-corrected chi connectivity index (χ3v) is 2.67. The van der Waals surface area contributed by atoms with Gasteiger partial charge in [-0.05, 0) is 34.7 Å². The van der Waals surface area contributed by atoms with Crippen molar-refractivity contribution in [2.75, 3.05) is 13.9 Å². The van der Waals surface area contributed by atoms with Gasteiger partial charge < -0.3 is 14.0 Å². The van der Waals surface area contributed by atoms with Gasteiger partial charge in [0.1, 0.15) is 5.69 Å². The molecule has 1 aromatic carbocycles.